The number of carbonyl (C=O) groups excluding carboxylic acids is 1. The molecule has 1 aromatic carbocycles. The molecule has 2 bridgehead atoms. The number of halogens is 3. The zero-order valence-corrected chi connectivity index (χ0v) is 19.5. The molecule has 2 aromatic rings. The highest BCUT2D eigenvalue weighted by molar-refractivity contribution is 5.81. The molecule has 1 N–H and O–H groups in total. The second-order valence-electron chi connectivity index (χ2n) is 10.3. The number of benzene rings is 1. The van der Waals surface area contributed by atoms with Crippen molar-refractivity contribution in [2.24, 2.45) is 11.3 Å². The lowest BCUT2D eigenvalue weighted by atomic mass is 9.74. The van der Waals surface area contributed by atoms with Crippen LogP contribution in [0.25, 0.3) is 11.3 Å². The minimum Gasteiger partial charge on any atom is -0.354 e. The number of carbonyl (C=O) groups is 1. The molecule has 5 nitrogen and oxygen atoms in total. The number of alkyl halides is 3. The highest BCUT2D eigenvalue weighted by Crippen LogP contribution is 2.42. The second-order valence-corrected chi connectivity index (χ2v) is 10.3. The molecule has 3 fully saturated rings. The molecular weight excluding hydrogens is 429 g/mol. The molecule has 4 heterocycles. The molecule has 4 atom stereocenters. The normalized spacial score (nSPS) is 25.2. The zero-order valence-electron chi connectivity index (χ0n) is 19.5. The van der Waals surface area contributed by atoms with Crippen molar-refractivity contribution < 1.29 is 18.0 Å². The number of fused-ring (bicyclic) bond motifs is 3. The molecule has 1 aromatic heterocycles. The largest absolute Gasteiger partial charge is 0.416 e. The van der Waals surface area contributed by atoms with Gasteiger partial charge in [0.25, 0.3) is 0 Å². The van der Waals surface area contributed by atoms with Crippen molar-refractivity contribution in [2.75, 3.05) is 19.6 Å². The molecule has 1 amide bonds. The van der Waals surface area contributed by atoms with E-state index in [9.17, 15) is 18.0 Å². The van der Waals surface area contributed by atoms with E-state index in [1.165, 1.54) is 12.1 Å². The third kappa shape index (κ3) is 5.21. The maximum atomic E-state index is 12.9. The van der Waals surface area contributed by atoms with Gasteiger partial charge in [0, 0.05) is 41.7 Å². The summed E-state index contributed by atoms with van der Waals surface area (Å²) in [4.78, 5) is 23.9. The van der Waals surface area contributed by atoms with Crippen molar-refractivity contribution in [3.8, 4) is 11.3 Å². The van der Waals surface area contributed by atoms with Gasteiger partial charge < -0.3 is 5.32 Å². The lowest BCUT2D eigenvalue weighted by Gasteiger charge is -2.50. The fourth-order valence-corrected chi connectivity index (χ4v) is 4.92. The molecule has 0 saturated carbocycles. The third-order valence-electron chi connectivity index (χ3n) is 6.80. The Morgan fingerprint density at radius 3 is 2.42 bits per heavy atom. The summed E-state index contributed by atoms with van der Waals surface area (Å²) >= 11 is 0. The molecule has 33 heavy (non-hydrogen) atoms. The molecule has 5 rings (SSSR count). The van der Waals surface area contributed by atoms with Crippen molar-refractivity contribution in [3.63, 3.8) is 0 Å². The Labute approximate surface area is 192 Å². The first kappa shape index (κ1) is 23.7. The van der Waals surface area contributed by atoms with Gasteiger partial charge in [-0.15, -0.1) is 0 Å². The number of piperidine rings is 3. The highest BCUT2D eigenvalue weighted by atomic mass is 19.4. The first-order valence-corrected chi connectivity index (χ1v) is 11.5. The number of nitrogens with one attached hydrogen (secondary N) is 1. The molecule has 3 aliphatic rings. The van der Waals surface area contributed by atoms with Crippen LogP contribution < -0.4 is 5.32 Å². The van der Waals surface area contributed by atoms with Crippen LogP contribution in [0.1, 0.15) is 56.6 Å². The Morgan fingerprint density at radius 2 is 1.85 bits per heavy atom. The van der Waals surface area contributed by atoms with E-state index >= 15 is 0 Å². The zero-order chi connectivity index (χ0) is 24.0. The van der Waals surface area contributed by atoms with Crippen LogP contribution in [0.4, 0.5) is 13.2 Å². The molecule has 178 valence electrons. The van der Waals surface area contributed by atoms with E-state index in [1.54, 1.807) is 0 Å². The number of aromatic nitrogens is 2. The standard InChI is InChI=1S/C25H31F3N4O/c1-15-30-21(16-5-7-18(8-6-16)25(26,27)28)12-22(31-15)20-14-32-10-9-17(20)11-19(32)13-29-23(33)24(2,3)4/h5-8,12,17,19-20H,9-11,13-14H2,1-4H3,(H,29,33)/t17-,19+,20+/m0/s1. The van der Waals surface area contributed by atoms with Gasteiger partial charge in [0.1, 0.15) is 5.82 Å². The van der Waals surface area contributed by atoms with Crippen LogP contribution in [0.3, 0.4) is 0 Å². The van der Waals surface area contributed by atoms with Gasteiger partial charge in [-0.05, 0) is 50.4 Å². The second kappa shape index (κ2) is 8.70. The van der Waals surface area contributed by atoms with Gasteiger partial charge in [-0.2, -0.15) is 13.2 Å². The summed E-state index contributed by atoms with van der Waals surface area (Å²) in [6.07, 6.45) is -2.29. The molecule has 1 unspecified atom stereocenters. The van der Waals surface area contributed by atoms with Crippen molar-refractivity contribution in [3.05, 3.63) is 47.4 Å². The number of amides is 1. The van der Waals surface area contributed by atoms with E-state index in [0.29, 0.717) is 35.6 Å². The lowest BCUT2D eigenvalue weighted by Crippen LogP contribution is -2.56. The Balaban J connectivity index is 1.49. The number of hydrogen-bond donors (Lipinski definition) is 1. The first-order chi connectivity index (χ1) is 15.4. The van der Waals surface area contributed by atoms with Crippen LogP contribution in [0.15, 0.2) is 30.3 Å². The van der Waals surface area contributed by atoms with E-state index in [2.05, 4.69) is 15.2 Å². The van der Waals surface area contributed by atoms with Gasteiger partial charge in [0.2, 0.25) is 5.91 Å². The van der Waals surface area contributed by atoms with E-state index in [0.717, 1.165) is 43.8 Å². The van der Waals surface area contributed by atoms with E-state index in [1.807, 2.05) is 33.8 Å². The Bertz CT molecular complexity index is 1010. The maximum Gasteiger partial charge on any atom is 0.416 e. The number of hydrogen-bond acceptors (Lipinski definition) is 4. The lowest BCUT2D eigenvalue weighted by molar-refractivity contribution is -0.137. The van der Waals surface area contributed by atoms with E-state index in [-0.39, 0.29) is 11.8 Å². The summed E-state index contributed by atoms with van der Waals surface area (Å²) in [7, 11) is 0. The van der Waals surface area contributed by atoms with Gasteiger partial charge in [-0.1, -0.05) is 32.9 Å². The average molecular weight is 461 g/mol. The van der Waals surface area contributed by atoms with Crippen molar-refractivity contribution in [1.29, 1.82) is 0 Å². The molecule has 0 radical (unpaired) electrons. The summed E-state index contributed by atoms with van der Waals surface area (Å²) in [6, 6.07) is 7.38. The smallest absolute Gasteiger partial charge is 0.354 e. The van der Waals surface area contributed by atoms with Gasteiger partial charge in [-0.25, -0.2) is 9.97 Å². The van der Waals surface area contributed by atoms with Gasteiger partial charge in [0.05, 0.1) is 11.3 Å². The summed E-state index contributed by atoms with van der Waals surface area (Å²) in [5.74, 6) is 1.40. The summed E-state index contributed by atoms with van der Waals surface area (Å²) in [5.41, 5.74) is 1.18. The predicted octanol–water partition coefficient (Wildman–Crippen LogP) is 4.81. The summed E-state index contributed by atoms with van der Waals surface area (Å²) in [5, 5.41) is 3.10. The van der Waals surface area contributed by atoms with Crippen LogP contribution in [-0.4, -0.2) is 46.5 Å². The Kier molecular flexibility index (Phi) is 6.24. The Hall–Kier alpha value is -2.48. The predicted molar refractivity (Wildman–Crippen MR) is 120 cm³/mol. The van der Waals surface area contributed by atoms with Gasteiger partial charge >= 0.3 is 6.18 Å². The fourth-order valence-electron chi connectivity index (χ4n) is 4.92. The highest BCUT2D eigenvalue weighted by Gasteiger charge is 2.41. The molecule has 0 aliphatic carbocycles. The topological polar surface area (TPSA) is 58.1 Å². The SMILES string of the molecule is Cc1nc(-c2ccc(C(F)(F)F)cc2)cc([C@@H]2CN3CC[C@H]2C[C@@H]3CNC(=O)C(C)(C)C)n1. The molecule has 0 spiro atoms. The van der Waals surface area contributed by atoms with Crippen LogP contribution in [0.5, 0.6) is 0 Å². The van der Waals surface area contributed by atoms with Crippen LogP contribution in [0.2, 0.25) is 0 Å². The van der Waals surface area contributed by atoms with Crippen LogP contribution in [0, 0.1) is 18.3 Å². The maximum absolute atomic E-state index is 12.9. The van der Waals surface area contributed by atoms with E-state index in [4.69, 9.17) is 4.98 Å². The summed E-state index contributed by atoms with van der Waals surface area (Å²) < 4.78 is 38.7. The minimum absolute atomic E-state index is 0.0642. The van der Waals surface area contributed by atoms with Crippen molar-refractivity contribution >= 4 is 5.91 Å². The Morgan fingerprint density at radius 1 is 1.15 bits per heavy atom. The molecule has 3 aliphatic heterocycles. The first-order valence-electron chi connectivity index (χ1n) is 11.5. The van der Waals surface area contributed by atoms with Gasteiger partial charge in [0.15, 0.2) is 0 Å². The van der Waals surface area contributed by atoms with Gasteiger partial charge in [-0.3, -0.25) is 9.69 Å². The van der Waals surface area contributed by atoms with Crippen molar-refractivity contribution in [1.82, 2.24) is 20.2 Å². The van der Waals surface area contributed by atoms with Crippen LogP contribution >= 0.6 is 0 Å². The monoisotopic (exact) mass is 460 g/mol. The third-order valence-corrected chi connectivity index (χ3v) is 6.80. The van der Waals surface area contributed by atoms with Crippen LogP contribution in [-0.2, 0) is 11.0 Å². The summed E-state index contributed by atoms with van der Waals surface area (Å²) in [6.45, 7) is 10.1. The quantitative estimate of drug-likeness (QED) is 0.711. The van der Waals surface area contributed by atoms with Crippen molar-refractivity contribution in [2.45, 2.75) is 58.7 Å². The van der Waals surface area contributed by atoms with E-state index < -0.39 is 17.2 Å². The molecule has 8 heteroatoms. The number of aryl methyl sites for hydroxylation is 1. The number of nitrogens with zero attached hydrogens (tertiary/aromatic N) is 3. The molecule has 3 saturated heterocycles. The number of rotatable bonds is 4. The fraction of sp³-hybridized carbons (Fsp3) is 0.560. The average Bonchev–Trinajstić information content (AvgIpc) is 2.76. The minimum atomic E-state index is -4.36. The molecular formula is C25H31F3N4O.